The number of carbonyl (C=O) groups is 1. The van der Waals surface area contributed by atoms with Gasteiger partial charge in [0.2, 0.25) is 0 Å². The molecule has 0 unspecified atom stereocenters. The Morgan fingerprint density at radius 3 is 2.86 bits per heavy atom. The lowest BCUT2D eigenvalue weighted by Crippen LogP contribution is -2.27. The number of nitrogens with zero attached hydrogens (tertiary/aromatic N) is 2. The zero-order valence-corrected chi connectivity index (χ0v) is 8.95. The van der Waals surface area contributed by atoms with E-state index in [1.165, 1.54) is 0 Å². The van der Waals surface area contributed by atoms with Crippen LogP contribution < -0.4 is 5.32 Å². The molecule has 1 aromatic rings. The SMILES string of the molecule is CCn1ccc(C(=O)NCC(C)C)n1. The number of carbonyl (C=O) groups excluding carboxylic acids is 1. The lowest BCUT2D eigenvalue weighted by molar-refractivity contribution is 0.0943. The quantitative estimate of drug-likeness (QED) is 0.787. The second kappa shape index (κ2) is 4.79. The van der Waals surface area contributed by atoms with Crippen LogP contribution in [0.3, 0.4) is 0 Å². The van der Waals surface area contributed by atoms with Gasteiger partial charge in [-0.05, 0) is 18.9 Å². The first-order chi connectivity index (χ1) is 6.63. The highest BCUT2D eigenvalue weighted by Gasteiger charge is 2.08. The Labute approximate surface area is 84.3 Å². The zero-order chi connectivity index (χ0) is 10.6. The summed E-state index contributed by atoms with van der Waals surface area (Å²) in [6, 6.07) is 1.74. The van der Waals surface area contributed by atoms with Crippen LogP contribution >= 0.6 is 0 Å². The summed E-state index contributed by atoms with van der Waals surface area (Å²) in [5.41, 5.74) is 0.493. The molecule has 1 N–H and O–H groups in total. The summed E-state index contributed by atoms with van der Waals surface area (Å²) in [6.45, 7) is 7.59. The minimum Gasteiger partial charge on any atom is -0.350 e. The van der Waals surface area contributed by atoms with Gasteiger partial charge in [0.15, 0.2) is 0 Å². The first-order valence-corrected chi connectivity index (χ1v) is 4.95. The van der Waals surface area contributed by atoms with E-state index in [-0.39, 0.29) is 5.91 Å². The number of amides is 1. The highest BCUT2D eigenvalue weighted by molar-refractivity contribution is 5.92. The maximum Gasteiger partial charge on any atom is 0.271 e. The van der Waals surface area contributed by atoms with Crippen molar-refractivity contribution in [2.45, 2.75) is 27.3 Å². The van der Waals surface area contributed by atoms with Crippen LogP contribution in [0.25, 0.3) is 0 Å². The van der Waals surface area contributed by atoms with Crippen molar-refractivity contribution in [1.82, 2.24) is 15.1 Å². The molecule has 0 aliphatic carbocycles. The van der Waals surface area contributed by atoms with E-state index < -0.39 is 0 Å². The second-order valence-corrected chi connectivity index (χ2v) is 3.66. The molecule has 0 aliphatic rings. The van der Waals surface area contributed by atoms with Crippen molar-refractivity contribution in [2.75, 3.05) is 6.54 Å². The summed E-state index contributed by atoms with van der Waals surface area (Å²) in [4.78, 5) is 11.5. The molecule has 0 atom stereocenters. The van der Waals surface area contributed by atoms with Crippen LogP contribution in [0.4, 0.5) is 0 Å². The van der Waals surface area contributed by atoms with Gasteiger partial charge in [0.25, 0.3) is 5.91 Å². The third-order valence-electron chi connectivity index (χ3n) is 1.87. The number of rotatable bonds is 4. The van der Waals surface area contributed by atoms with Gasteiger partial charge in [0.05, 0.1) is 0 Å². The van der Waals surface area contributed by atoms with Crippen molar-refractivity contribution in [3.8, 4) is 0 Å². The van der Waals surface area contributed by atoms with Gasteiger partial charge in [-0.1, -0.05) is 13.8 Å². The molecule has 0 saturated carbocycles. The number of nitrogens with one attached hydrogen (secondary N) is 1. The van der Waals surface area contributed by atoms with Gasteiger partial charge < -0.3 is 5.32 Å². The molecule has 0 aliphatic heterocycles. The maximum absolute atomic E-state index is 11.5. The Bertz CT molecular complexity index is 304. The normalized spacial score (nSPS) is 10.6. The van der Waals surface area contributed by atoms with Gasteiger partial charge in [-0.25, -0.2) is 0 Å². The molecule has 4 heteroatoms. The molecular weight excluding hydrogens is 178 g/mol. The predicted octanol–water partition coefficient (Wildman–Crippen LogP) is 1.29. The van der Waals surface area contributed by atoms with Gasteiger partial charge in [0, 0.05) is 19.3 Å². The summed E-state index contributed by atoms with van der Waals surface area (Å²) >= 11 is 0. The van der Waals surface area contributed by atoms with Crippen molar-refractivity contribution in [3.63, 3.8) is 0 Å². The van der Waals surface area contributed by atoms with Crippen LogP contribution in [0.5, 0.6) is 0 Å². The number of aryl methyl sites for hydroxylation is 1. The standard InChI is InChI=1S/C10H17N3O/c1-4-13-6-5-9(12-13)10(14)11-7-8(2)3/h5-6,8H,4,7H2,1-3H3,(H,11,14). The van der Waals surface area contributed by atoms with Crippen LogP contribution in [0, 0.1) is 5.92 Å². The topological polar surface area (TPSA) is 46.9 Å². The molecule has 0 saturated heterocycles. The van der Waals surface area contributed by atoms with Gasteiger partial charge in [-0.2, -0.15) is 5.10 Å². The molecule has 0 radical (unpaired) electrons. The Hall–Kier alpha value is -1.32. The highest BCUT2D eigenvalue weighted by atomic mass is 16.1. The third kappa shape index (κ3) is 2.87. The minimum absolute atomic E-state index is 0.0918. The molecule has 4 nitrogen and oxygen atoms in total. The lowest BCUT2D eigenvalue weighted by atomic mass is 10.2. The van der Waals surface area contributed by atoms with E-state index in [1.807, 2.05) is 13.1 Å². The van der Waals surface area contributed by atoms with Crippen molar-refractivity contribution < 1.29 is 4.79 Å². The maximum atomic E-state index is 11.5. The molecule has 1 aromatic heterocycles. The van der Waals surface area contributed by atoms with Gasteiger partial charge >= 0.3 is 0 Å². The van der Waals surface area contributed by atoms with Crippen LogP contribution in [-0.4, -0.2) is 22.2 Å². The van der Waals surface area contributed by atoms with E-state index in [1.54, 1.807) is 10.7 Å². The van der Waals surface area contributed by atoms with Crippen molar-refractivity contribution >= 4 is 5.91 Å². The molecule has 1 amide bonds. The lowest BCUT2D eigenvalue weighted by Gasteiger charge is -2.05. The molecule has 0 aromatic carbocycles. The molecular formula is C10H17N3O. The van der Waals surface area contributed by atoms with Crippen LogP contribution in [0.15, 0.2) is 12.3 Å². The Morgan fingerprint density at radius 2 is 2.36 bits per heavy atom. The second-order valence-electron chi connectivity index (χ2n) is 3.66. The largest absolute Gasteiger partial charge is 0.350 e. The molecule has 0 bridgehead atoms. The fraction of sp³-hybridized carbons (Fsp3) is 0.600. The highest BCUT2D eigenvalue weighted by Crippen LogP contribution is 1.96. The van der Waals surface area contributed by atoms with Gasteiger partial charge in [0.1, 0.15) is 5.69 Å². The van der Waals surface area contributed by atoms with Crippen molar-refractivity contribution in [3.05, 3.63) is 18.0 Å². The zero-order valence-electron chi connectivity index (χ0n) is 8.95. The Kier molecular flexibility index (Phi) is 3.68. The third-order valence-corrected chi connectivity index (χ3v) is 1.87. The number of hydrogen-bond acceptors (Lipinski definition) is 2. The van der Waals surface area contributed by atoms with E-state index in [9.17, 15) is 4.79 Å². The number of aromatic nitrogens is 2. The summed E-state index contributed by atoms with van der Waals surface area (Å²) in [5, 5.41) is 6.93. The van der Waals surface area contributed by atoms with Crippen molar-refractivity contribution in [1.29, 1.82) is 0 Å². The van der Waals surface area contributed by atoms with Gasteiger partial charge in [-0.3, -0.25) is 9.48 Å². The molecule has 0 spiro atoms. The summed E-state index contributed by atoms with van der Waals surface area (Å²) in [7, 11) is 0. The van der Waals surface area contributed by atoms with Gasteiger partial charge in [-0.15, -0.1) is 0 Å². The first kappa shape index (κ1) is 10.8. The first-order valence-electron chi connectivity index (χ1n) is 4.95. The average molecular weight is 195 g/mol. The fourth-order valence-electron chi connectivity index (χ4n) is 1.05. The van der Waals surface area contributed by atoms with Crippen LogP contribution in [-0.2, 0) is 6.54 Å². The molecule has 1 heterocycles. The molecule has 0 fully saturated rings. The minimum atomic E-state index is -0.0918. The monoisotopic (exact) mass is 195 g/mol. The molecule has 1 rings (SSSR count). The Morgan fingerprint density at radius 1 is 1.64 bits per heavy atom. The van der Waals surface area contributed by atoms with Crippen LogP contribution in [0.2, 0.25) is 0 Å². The summed E-state index contributed by atoms with van der Waals surface area (Å²) in [5.74, 6) is 0.373. The van der Waals surface area contributed by atoms with Crippen molar-refractivity contribution in [2.24, 2.45) is 5.92 Å². The summed E-state index contributed by atoms with van der Waals surface area (Å²) in [6.07, 6.45) is 1.81. The van der Waals surface area contributed by atoms with E-state index >= 15 is 0 Å². The van der Waals surface area contributed by atoms with E-state index in [0.29, 0.717) is 18.2 Å². The summed E-state index contributed by atoms with van der Waals surface area (Å²) < 4.78 is 1.74. The Balaban J connectivity index is 2.52. The smallest absolute Gasteiger partial charge is 0.271 e. The van der Waals surface area contributed by atoms with E-state index in [4.69, 9.17) is 0 Å². The molecule has 14 heavy (non-hydrogen) atoms. The fourth-order valence-corrected chi connectivity index (χ4v) is 1.05. The van der Waals surface area contributed by atoms with E-state index in [2.05, 4.69) is 24.3 Å². The number of hydrogen-bond donors (Lipinski definition) is 1. The molecule has 78 valence electrons. The predicted molar refractivity (Wildman–Crippen MR) is 55.1 cm³/mol. The van der Waals surface area contributed by atoms with Crippen LogP contribution in [0.1, 0.15) is 31.3 Å². The average Bonchev–Trinajstić information content (AvgIpc) is 2.62. The van der Waals surface area contributed by atoms with E-state index in [0.717, 1.165) is 6.54 Å².